The van der Waals surface area contributed by atoms with Crippen LogP contribution in [0.1, 0.15) is 37.0 Å². The van der Waals surface area contributed by atoms with E-state index < -0.39 is 23.1 Å². The van der Waals surface area contributed by atoms with Crippen LogP contribution in [-0.2, 0) is 4.79 Å². The Kier molecular flexibility index (Phi) is 5.91. The minimum Gasteiger partial charge on any atom is -0.481 e. The zero-order valence-electron chi connectivity index (χ0n) is 11.4. The molecule has 0 heterocycles. The molecule has 1 aromatic rings. The van der Waals surface area contributed by atoms with Crippen molar-refractivity contribution in [2.75, 3.05) is 6.54 Å². The Morgan fingerprint density at radius 3 is 2.45 bits per heavy atom. The Bertz CT molecular complexity index is 515. The van der Waals surface area contributed by atoms with Gasteiger partial charge in [0.05, 0.1) is 11.0 Å². The number of halogens is 2. The molecule has 0 atom stereocenters. The lowest BCUT2D eigenvalue weighted by molar-refractivity contribution is -0.149. The standard InChI is InChI=1S/C14H17FINO3/c1-3-14(4-2,13(19)20)8-17-12(18)10-7-9(15)5-6-11(10)16/h5-7H,3-4,8H2,1-2H3,(H,17,18)(H,19,20). The monoisotopic (exact) mass is 393 g/mol. The largest absolute Gasteiger partial charge is 0.481 e. The van der Waals surface area contributed by atoms with Crippen LogP contribution < -0.4 is 5.32 Å². The second-order valence-electron chi connectivity index (χ2n) is 4.60. The molecular formula is C14H17FINO3. The summed E-state index contributed by atoms with van der Waals surface area (Å²) in [5.74, 6) is -1.88. The zero-order valence-corrected chi connectivity index (χ0v) is 13.5. The Morgan fingerprint density at radius 1 is 1.35 bits per heavy atom. The minimum absolute atomic E-state index is 0.0285. The summed E-state index contributed by atoms with van der Waals surface area (Å²) in [5, 5.41) is 11.9. The van der Waals surface area contributed by atoms with Crippen LogP contribution in [0.4, 0.5) is 4.39 Å². The highest BCUT2D eigenvalue weighted by molar-refractivity contribution is 14.1. The van der Waals surface area contributed by atoms with E-state index in [0.717, 1.165) is 6.07 Å². The van der Waals surface area contributed by atoms with Gasteiger partial charge in [-0.1, -0.05) is 13.8 Å². The maximum Gasteiger partial charge on any atom is 0.311 e. The summed E-state index contributed by atoms with van der Waals surface area (Å²) in [6, 6.07) is 3.94. The number of carbonyl (C=O) groups excluding carboxylic acids is 1. The normalized spacial score (nSPS) is 11.2. The van der Waals surface area contributed by atoms with E-state index in [9.17, 15) is 19.1 Å². The highest BCUT2D eigenvalue weighted by Gasteiger charge is 2.35. The first-order chi connectivity index (χ1) is 9.36. The second-order valence-corrected chi connectivity index (χ2v) is 5.76. The Hall–Kier alpha value is -1.18. The SMILES string of the molecule is CCC(CC)(CNC(=O)c1cc(F)ccc1I)C(=O)O. The summed E-state index contributed by atoms with van der Waals surface area (Å²) >= 11 is 1.94. The molecule has 0 unspecified atom stereocenters. The van der Waals surface area contributed by atoms with E-state index in [1.54, 1.807) is 13.8 Å². The van der Waals surface area contributed by atoms with Gasteiger partial charge in [-0.2, -0.15) is 0 Å². The summed E-state index contributed by atoms with van der Waals surface area (Å²) < 4.78 is 13.8. The number of carboxylic acids is 1. The fourth-order valence-electron chi connectivity index (χ4n) is 1.89. The lowest BCUT2D eigenvalue weighted by Crippen LogP contribution is -2.42. The first kappa shape index (κ1) is 16.9. The van der Waals surface area contributed by atoms with E-state index in [2.05, 4.69) is 5.32 Å². The fraction of sp³-hybridized carbons (Fsp3) is 0.429. The van der Waals surface area contributed by atoms with Crippen molar-refractivity contribution < 1.29 is 19.1 Å². The van der Waals surface area contributed by atoms with Crippen LogP contribution in [-0.4, -0.2) is 23.5 Å². The number of aliphatic carboxylic acids is 1. The second kappa shape index (κ2) is 7.01. The van der Waals surface area contributed by atoms with Crippen molar-refractivity contribution in [3.63, 3.8) is 0 Å². The molecule has 0 aliphatic heterocycles. The molecule has 0 bridgehead atoms. The molecule has 0 saturated heterocycles. The van der Waals surface area contributed by atoms with Crippen molar-refractivity contribution >= 4 is 34.5 Å². The Morgan fingerprint density at radius 2 is 1.95 bits per heavy atom. The van der Waals surface area contributed by atoms with Crippen molar-refractivity contribution in [3.05, 3.63) is 33.1 Å². The van der Waals surface area contributed by atoms with Crippen LogP contribution >= 0.6 is 22.6 Å². The summed E-state index contributed by atoms with van der Waals surface area (Å²) in [4.78, 5) is 23.4. The maximum absolute atomic E-state index is 13.2. The quantitative estimate of drug-likeness (QED) is 0.731. The van der Waals surface area contributed by atoms with Gasteiger partial charge in [0.2, 0.25) is 0 Å². The molecule has 0 radical (unpaired) electrons. The van der Waals surface area contributed by atoms with Crippen LogP contribution in [0.2, 0.25) is 0 Å². The average Bonchev–Trinajstić information content (AvgIpc) is 2.42. The fourth-order valence-corrected chi connectivity index (χ4v) is 2.47. The number of nitrogens with one attached hydrogen (secondary N) is 1. The zero-order chi connectivity index (χ0) is 15.3. The van der Waals surface area contributed by atoms with Crippen molar-refractivity contribution in [2.24, 2.45) is 5.41 Å². The third-order valence-corrected chi connectivity index (χ3v) is 4.51. The molecule has 0 aromatic heterocycles. The van der Waals surface area contributed by atoms with E-state index >= 15 is 0 Å². The van der Waals surface area contributed by atoms with Crippen LogP contribution in [0.5, 0.6) is 0 Å². The smallest absolute Gasteiger partial charge is 0.311 e. The van der Waals surface area contributed by atoms with Crippen molar-refractivity contribution in [3.8, 4) is 0 Å². The average molecular weight is 393 g/mol. The van der Waals surface area contributed by atoms with Gasteiger partial charge in [0.1, 0.15) is 5.82 Å². The summed E-state index contributed by atoms with van der Waals surface area (Å²) in [5.41, 5.74) is -0.758. The third kappa shape index (κ3) is 3.68. The molecule has 1 amide bonds. The Balaban J connectivity index is 2.86. The number of hydrogen-bond donors (Lipinski definition) is 2. The predicted molar refractivity (Wildman–Crippen MR) is 82.1 cm³/mol. The molecule has 0 spiro atoms. The number of hydrogen-bond acceptors (Lipinski definition) is 2. The maximum atomic E-state index is 13.2. The van der Waals surface area contributed by atoms with Gasteiger partial charge >= 0.3 is 5.97 Å². The number of carboxylic acid groups (broad SMARTS) is 1. The van der Waals surface area contributed by atoms with Gasteiger partial charge in [0, 0.05) is 10.1 Å². The van der Waals surface area contributed by atoms with Gasteiger partial charge < -0.3 is 10.4 Å². The van der Waals surface area contributed by atoms with E-state index in [1.807, 2.05) is 22.6 Å². The van der Waals surface area contributed by atoms with Crippen LogP contribution in [0.25, 0.3) is 0 Å². The first-order valence-corrected chi connectivity index (χ1v) is 7.41. The topological polar surface area (TPSA) is 66.4 Å². The molecule has 1 aromatic carbocycles. The van der Waals surface area contributed by atoms with E-state index in [4.69, 9.17) is 0 Å². The third-order valence-electron chi connectivity index (χ3n) is 3.57. The molecule has 0 saturated carbocycles. The molecule has 0 aliphatic rings. The highest BCUT2D eigenvalue weighted by atomic mass is 127. The molecule has 0 fully saturated rings. The van der Waals surface area contributed by atoms with Crippen LogP contribution in [0, 0.1) is 14.8 Å². The van der Waals surface area contributed by atoms with Crippen LogP contribution in [0.15, 0.2) is 18.2 Å². The molecule has 0 aliphatic carbocycles. The Labute approximate surface area is 130 Å². The number of carbonyl (C=O) groups is 2. The van der Waals surface area contributed by atoms with Gasteiger partial charge in [-0.3, -0.25) is 9.59 Å². The van der Waals surface area contributed by atoms with Crippen LogP contribution in [0.3, 0.4) is 0 Å². The molecular weight excluding hydrogens is 376 g/mol. The van der Waals surface area contributed by atoms with E-state index in [1.165, 1.54) is 12.1 Å². The predicted octanol–water partition coefficient (Wildman–Crippen LogP) is 3.05. The van der Waals surface area contributed by atoms with Gasteiger partial charge in [-0.05, 0) is 53.6 Å². The minimum atomic E-state index is -0.978. The molecule has 6 heteroatoms. The summed E-state index contributed by atoms with van der Waals surface area (Å²) in [6.07, 6.45) is 0.832. The summed E-state index contributed by atoms with van der Waals surface area (Å²) in [7, 11) is 0. The van der Waals surface area contributed by atoms with E-state index in [-0.39, 0.29) is 12.1 Å². The summed E-state index contributed by atoms with van der Waals surface area (Å²) in [6.45, 7) is 3.58. The van der Waals surface area contributed by atoms with E-state index in [0.29, 0.717) is 16.4 Å². The van der Waals surface area contributed by atoms with Crippen molar-refractivity contribution in [2.45, 2.75) is 26.7 Å². The van der Waals surface area contributed by atoms with Crippen molar-refractivity contribution in [1.29, 1.82) is 0 Å². The van der Waals surface area contributed by atoms with Gasteiger partial charge in [0.15, 0.2) is 0 Å². The van der Waals surface area contributed by atoms with Crippen molar-refractivity contribution in [1.82, 2.24) is 5.32 Å². The molecule has 110 valence electrons. The highest BCUT2D eigenvalue weighted by Crippen LogP contribution is 2.26. The number of rotatable bonds is 6. The number of amides is 1. The van der Waals surface area contributed by atoms with Gasteiger partial charge in [-0.25, -0.2) is 4.39 Å². The lowest BCUT2D eigenvalue weighted by atomic mass is 9.82. The lowest BCUT2D eigenvalue weighted by Gasteiger charge is -2.26. The number of benzene rings is 1. The molecule has 20 heavy (non-hydrogen) atoms. The van der Waals surface area contributed by atoms with Gasteiger partial charge in [0.25, 0.3) is 5.91 Å². The molecule has 1 rings (SSSR count). The molecule has 4 nitrogen and oxygen atoms in total. The first-order valence-electron chi connectivity index (χ1n) is 6.33. The van der Waals surface area contributed by atoms with Gasteiger partial charge in [-0.15, -0.1) is 0 Å². The molecule has 2 N–H and O–H groups in total.